The molecule has 5 nitrogen and oxygen atoms in total. The predicted molar refractivity (Wildman–Crippen MR) is 112 cm³/mol. The minimum absolute atomic E-state index is 0.614. The van der Waals surface area contributed by atoms with Crippen LogP contribution in [0.15, 0.2) is 67.4 Å². The Bertz CT molecular complexity index is 1040. The number of nitrogens with zero attached hydrogens (tertiary/aromatic N) is 3. The van der Waals surface area contributed by atoms with E-state index in [9.17, 15) is 0 Å². The molecule has 2 N–H and O–H groups in total. The average molecular weight is 355 g/mol. The lowest BCUT2D eigenvalue weighted by Gasteiger charge is -2.12. The maximum Gasteiger partial charge on any atom is 0.160 e. The summed E-state index contributed by atoms with van der Waals surface area (Å²) in [5, 5.41) is 15.6. The summed E-state index contributed by atoms with van der Waals surface area (Å²) in [7, 11) is 1.88. The first-order valence-electron chi connectivity index (χ1n) is 8.61. The molecule has 0 aliphatic carbocycles. The highest BCUT2D eigenvalue weighted by Gasteiger charge is 2.13. The van der Waals surface area contributed by atoms with Crippen molar-refractivity contribution in [2.75, 3.05) is 17.7 Å². The first kappa shape index (κ1) is 18.0. The lowest BCUT2D eigenvalue weighted by atomic mass is 10.1. The van der Waals surface area contributed by atoms with Gasteiger partial charge in [0.25, 0.3) is 0 Å². The van der Waals surface area contributed by atoms with E-state index in [0.29, 0.717) is 17.1 Å². The number of imidazole rings is 1. The van der Waals surface area contributed by atoms with Crippen molar-refractivity contribution in [3.63, 3.8) is 0 Å². The maximum absolute atomic E-state index is 9.17. The van der Waals surface area contributed by atoms with Crippen LogP contribution in [0.3, 0.4) is 0 Å². The van der Waals surface area contributed by atoms with E-state index in [-0.39, 0.29) is 0 Å². The van der Waals surface area contributed by atoms with Crippen LogP contribution in [0.2, 0.25) is 0 Å². The van der Waals surface area contributed by atoms with Gasteiger partial charge in [-0.1, -0.05) is 30.9 Å². The van der Waals surface area contributed by atoms with Crippen LogP contribution in [-0.2, 0) is 0 Å². The van der Waals surface area contributed by atoms with Gasteiger partial charge in [0.15, 0.2) is 5.82 Å². The molecular formula is C22H21N5. The molecular weight excluding hydrogens is 334 g/mol. The summed E-state index contributed by atoms with van der Waals surface area (Å²) in [6, 6.07) is 17.6. The molecule has 0 amide bonds. The first-order chi connectivity index (χ1) is 13.2. The molecule has 0 fully saturated rings. The summed E-state index contributed by atoms with van der Waals surface area (Å²) in [6.45, 7) is 6.11. The van der Waals surface area contributed by atoms with Crippen molar-refractivity contribution < 1.29 is 0 Å². The lowest BCUT2D eigenvalue weighted by Crippen LogP contribution is -2.04. The second kappa shape index (κ2) is 8.07. The van der Waals surface area contributed by atoms with E-state index in [0.717, 1.165) is 22.6 Å². The van der Waals surface area contributed by atoms with E-state index in [1.165, 1.54) is 0 Å². The maximum atomic E-state index is 9.17. The number of rotatable bonds is 6. The van der Waals surface area contributed by atoms with E-state index < -0.39 is 0 Å². The molecule has 0 radical (unpaired) electrons. The Kier molecular flexibility index (Phi) is 5.38. The third kappa shape index (κ3) is 3.91. The van der Waals surface area contributed by atoms with Gasteiger partial charge >= 0.3 is 0 Å². The topological polar surface area (TPSA) is 65.7 Å². The fourth-order valence-electron chi connectivity index (χ4n) is 2.83. The molecule has 0 unspecified atom stereocenters. The Morgan fingerprint density at radius 3 is 2.70 bits per heavy atom. The monoisotopic (exact) mass is 355 g/mol. The number of nitrogens with one attached hydrogen (secondary N) is 2. The summed E-state index contributed by atoms with van der Waals surface area (Å²) in [4.78, 5) is 4.56. The normalized spacial score (nSPS) is 10.6. The summed E-state index contributed by atoms with van der Waals surface area (Å²) in [5.41, 5.74) is 5.06. The van der Waals surface area contributed by atoms with Crippen LogP contribution >= 0.6 is 0 Å². The minimum atomic E-state index is 0.614. The summed E-state index contributed by atoms with van der Waals surface area (Å²) < 4.78 is 1.97. The molecule has 2 aromatic carbocycles. The second-order valence-corrected chi connectivity index (χ2v) is 5.95. The van der Waals surface area contributed by atoms with Crippen molar-refractivity contribution in [1.82, 2.24) is 9.55 Å². The summed E-state index contributed by atoms with van der Waals surface area (Å²) in [5.74, 6) is 0.709. The Labute approximate surface area is 159 Å². The molecule has 27 heavy (non-hydrogen) atoms. The number of nitriles is 1. The largest absolute Gasteiger partial charge is 0.388 e. The molecule has 0 aliphatic rings. The van der Waals surface area contributed by atoms with Crippen molar-refractivity contribution in [2.45, 2.75) is 6.92 Å². The van der Waals surface area contributed by atoms with Crippen LogP contribution < -0.4 is 10.6 Å². The highest BCUT2D eigenvalue weighted by molar-refractivity contribution is 5.77. The van der Waals surface area contributed by atoms with E-state index in [4.69, 9.17) is 5.26 Å². The van der Waals surface area contributed by atoms with Crippen molar-refractivity contribution in [2.24, 2.45) is 0 Å². The molecule has 1 heterocycles. The van der Waals surface area contributed by atoms with Crippen LogP contribution in [0, 0.1) is 11.3 Å². The molecule has 134 valence electrons. The zero-order valence-corrected chi connectivity index (χ0v) is 15.4. The molecule has 0 saturated carbocycles. The van der Waals surface area contributed by atoms with E-state index in [1.807, 2.05) is 73.3 Å². The Hall–Kier alpha value is -3.78. The lowest BCUT2D eigenvalue weighted by molar-refractivity contribution is 1.09. The number of benzene rings is 2. The van der Waals surface area contributed by atoms with Gasteiger partial charge in [-0.2, -0.15) is 5.26 Å². The molecule has 5 heteroatoms. The highest BCUT2D eigenvalue weighted by Crippen LogP contribution is 2.26. The molecule has 1 aromatic heterocycles. The molecule has 3 aromatic rings. The summed E-state index contributed by atoms with van der Waals surface area (Å²) in [6.07, 6.45) is 5.67. The van der Waals surface area contributed by atoms with Crippen molar-refractivity contribution in [1.29, 1.82) is 5.26 Å². The van der Waals surface area contributed by atoms with Crippen LogP contribution in [0.5, 0.6) is 0 Å². The quantitative estimate of drug-likeness (QED) is 0.650. The van der Waals surface area contributed by atoms with Gasteiger partial charge in [-0.05, 0) is 37.3 Å². The molecule has 3 rings (SSSR count). The predicted octanol–water partition coefficient (Wildman–Crippen LogP) is 5.04. The van der Waals surface area contributed by atoms with Crippen LogP contribution in [0.25, 0.3) is 23.2 Å². The van der Waals surface area contributed by atoms with Gasteiger partial charge in [-0.15, -0.1) is 0 Å². The van der Waals surface area contributed by atoms with E-state index in [1.54, 1.807) is 12.3 Å². The smallest absolute Gasteiger partial charge is 0.160 e. The number of aromatic nitrogens is 2. The van der Waals surface area contributed by atoms with Gasteiger partial charge in [0.1, 0.15) is 0 Å². The van der Waals surface area contributed by atoms with Gasteiger partial charge in [-0.25, -0.2) is 4.98 Å². The first-order valence-corrected chi connectivity index (χ1v) is 8.61. The number of hydrogen-bond donors (Lipinski definition) is 2. The van der Waals surface area contributed by atoms with Gasteiger partial charge in [0, 0.05) is 30.2 Å². The van der Waals surface area contributed by atoms with E-state index >= 15 is 0 Å². The Morgan fingerprint density at radius 2 is 1.96 bits per heavy atom. The minimum Gasteiger partial charge on any atom is -0.388 e. The number of hydrogen-bond acceptors (Lipinski definition) is 4. The van der Waals surface area contributed by atoms with Crippen molar-refractivity contribution in [3.05, 3.63) is 78.8 Å². The Morgan fingerprint density at radius 1 is 1.19 bits per heavy atom. The van der Waals surface area contributed by atoms with Crippen molar-refractivity contribution in [3.8, 4) is 17.3 Å². The molecule has 0 saturated heterocycles. The van der Waals surface area contributed by atoms with Crippen LogP contribution in [0.1, 0.15) is 18.3 Å². The number of allylic oxidation sites excluding steroid dienone is 1. The third-order valence-corrected chi connectivity index (χ3v) is 4.10. The fourth-order valence-corrected chi connectivity index (χ4v) is 2.83. The SMILES string of the molecule is C=C(Nc1cccc(NC)c1)c1ncc(-c2cccc(C#N)c2)n1/C=C\C. The Balaban J connectivity index is 1.97. The average Bonchev–Trinajstić information content (AvgIpc) is 3.12. The molecule has 0 spiro atoms. The fraction of sp³-hybridized carbons (Fsp3) is 0.0909. The van der Waals surface area contributed by atoms with Gasteiger partial charge in [0.05, 0.1) is 29.2 Å². The van der Waals surface area contributed by atoms with Gasteiger partial charge < -0.3 is 10.6 Å². The number of anilines is 2. The van der Waals surface area contributed by atoms with Crippen molar-refractivity contribution >= 4 is 23.3 Å². The second-order valence-electron chi connectivity index (χ2n) is 5.95. The highest BCUT2D eigenvalue weighted by atomic mass is 15.1. The standard InChI is InChI=1S/C22H21N5/c1-4-11-27-21(18-8-5-7-17(12-18)14-23)15-25-22(27)16(2)26-20-10-6-9-19(13-20)24-3/h4-13,15,24,26H,2H2,1,3H3/b11-4-. The third-order valence-electron chi connectivity index (χ3n) is 4.10. The summed E-state index contributed by atoms with van der Waals surface area (Å²) >= 11 is 0. The zero-order chi connectivity index (χ0) is 19.2. The zero-order valence-electron chi connectivity index (χ0n) is 15.4. The van der Waals surface area contributed by atoms with Crippen LogP contribution in [0.4, 0.5) is 11.4 Å². The molecule has 0 aliphatic heterocycles. The molecule has 0 bridgehead atoms. The molecule has 0 atom stereocenters. The van der Waals surface area contributed by atoms with Crippen LogP contribution in [-0.4, -0.2) is 16.6 Å². The van der Waals surface area contributed by atoms with Gasteiger partial charge in [0.2, 0.25) is 0 Å². The van der Waals surface area contributed by atoms with E-state index in [2.05, 4.69) is 28.3 Å². The van der Waals surface area contributed by atoms with Gasteiger partial charge in [-0.3, -0.25) is 4.57 Å².